The smallest absolute Gasteiger partial charge is 0.262 e. The van der Waals surface area contributed by atoms with E-state index in [0.717, 1.165) is 11.1 Å². The summed E-state index contributed by atoms with van der Waals surface area (Å²) in [5.41, 5.74) is 2.18. The van der Waals surface area contributed by atoms with Crippen LogP contribution in [0.3, 0.4) is 0 Å². The zero-order valence-electron chi connectivity index (χ0n) is 19.9. The van der Waals surface area contributed by atoms with Gasteiger partial charge in [0, 0.05) is 26.5 Å². The summed E-state index contributed by atoms with van der Waals surface area (Å²) in [6, 6.07) is 11.0. The fraction of sp³-hybridized carbons (Fsp3) is 0.400. The van der Waals surface area contributed by atoms with E-state index >= 15 is 0 Å². The van der Waals surface area contributed by atoms with E-state index in [1.807, 2.05) is 12.1 Å². The number of benzene rings is 2. The second-order valence-corrected chi connectivity index (χ2v) is 7.79. The second kappa shape index (κ2) is 11.6. The summed E-state index contributed by atoms with van der Waals surface area (Å²) in [5.74, 6) is 0.287. The van der Waals surface area contributed by atoms with Crippen molar-refractivity contribution in [3.63, 3.8) is 0 Å². The predicted octanol–water partition coefficient (Wildman–Crippen LogP) is 3.41. The maximum atomic E-state index is 13.5. The lowest BCUT2D eigenvalue weighted by atomic mass is 9.98. The highest BCUT2D eigenvalue weighted by Gasteiger charge is 2.34. The number of halogens is 1. The molecule has 182 valence electrons. The van der Waals surface area contributed by atoms with Crippen molar-refractivity contribution in [1.82, 2.24) is 9.91 Å². The molecule has 9 heteroatoms. The Morgan fingerprint density at radius 2 is 1.79 bits per heavy atom. The van der Waals surface area contributed by atoms with Crippen molar-refractivity contribution in [2.24, 2.45) is 5.10 Å². The molecule has 0 radical (unpaired) electrons. The zero-order chi connectivity index (χ0) is 24.7. The number of hydrogen-bond donors (Lipinski definition) is 0. The first-order chi connectivity index (χ1) is 16.4. The molecule has 0 saturated heterocycles. The number of nitrogens with zero attached hydrogens (tertiary/aromatic N) is 3. The summed E-state index contributed by atoms with van der Waals surface area (Å²) >= 11 is 0. The van der Waals surface area contributed by atoms with Gasteiger partial charge in [-0.05, 0) is 35.4 Å². The first-order valence-electron chi connectivity index (χ1n) is 11.1. The Kier molecular flexibility index (Phi) is 8.59. The van der Waals surface area contributed by atoms with Gasteiger partial charge in [-0.15, -0.1) is 0 Å². The summed E-state index contributed by atoms with van der Waals surface area (Å²) in [4.78, 5) is 27.3. The van der Waals surface area contributed by atoms with Crippen molar-refractivity contribution in [1.29, 1.82) is 0 Å². The lowest BCUT2D eigenvalue weighted by molar-refractivity contribution is -0.141. The number of hydrogen-bond acceptors (Lipinski definition) is 6. The molecule has 0 saturated carbocycles. The molecule has 0 bridgehead atoms. The van der Waals surface area contributed by atoms with Gasteiger partial charge in [0.05, 0.1) is 32.6 Å². The summed E-state index contributed by atoms with van der Waals surface area (Å²) in [7, 11) is 4.64. The van der Waals surface area contributed by atoms with Gasteiger partial charge >= 0.3 is 0 Å². The zero-order valence-corrected chi connectivity index (χ0v) is 19.9. The van der Waals surface area contributed by atoms with Crippen LogP contribution in [0.5, 0.6) is 11.5 Å². The highest BCUT2D eigenvalue weighted by atomic mass is 19.1. The average molecular weight is 472 g/mol. The molecule has 1 aliphatic rings. The van der Waals surface area contributed by atoms with E-state index in [0.29, 0.717) is 36.8 Å². The normalized spacial score (nSPS) is 15.1. The Labute approximate surface area is 198 Å². The number of rotatable bonds is 10. The van der Waals surface area contributed by atoms with E-state index in [1.165, 1.54) is 22.0 Å². The molecule has 2 aromatic rings. The van der Waals surface area contributed by atoms with E-state index in [9.17, 15) is 14.0 Å². The molecule has 1 atom stereocenters. The maximum Gasteiger partial charge on any atom is 0.262 e. The largest absolute Gasteiger partial charge is 0.493 e. The monoisotopic (exact) mass is 471 g/mol. The van der Waals surface area contributed by atoms with Crippen LogP contribution in [0, 0.1) is 5.82 Å². The number of amides is 2. The quantitative estimate of drug-likeness (QED) is 0.531. The van der Waals surface area contributed by atoms with Gasteiger partial charge in [-0.3, -0.25) is 9.59 Å². The van der Waals surface area contributed by atoms with Gasteiger partial charge in [0.2, 0.25) is 5.91 Å². The highest BCUT2D eigenvalue weighted by Crippen LogP contribution is 2.37. The van der Waals surface area contributed by atoms with Crippen LogP contribution in [0.15, 0.2) is 47.6 Å². The van der Waals surface area contributed by atoms with E-state index < -0.39 is 6.04 Å². The number of ether oxygens (including phenoxy) is 3. The van der Waals surface area contributed by atoms with Crippen molar-refractivity contribution >= 4 is 17.5 Å². The Morgan fingerprint density at radius 3 is 2.41 bits per heavy atom. The Hall–Kier alpha value is -3.46. The molecular formula is C25H30FN3O5. The van der Waals surface area contributed by atoms with Crippen LogP contribution >= 0.6 is 0 Å². The summed E-state index contributed by atoms with van der Waals surface area (Å²) < 4.78 is 29.3. The first kappa shape index (κ1) is 25.2. The summed E-state index contributed by atoms with van der Waals surface area (Å²) in [5, 5.41) is 6.00. The van der Waals surface area contributed by atoms with E-state index in [1.54, 1.807) is 46.5 Å². The van der Waals surface area contributed by atoms with Gasteiger partial charge in [0.1, 0.15) is 12.4 Å². The molecule has 3 rings (SSSR count). The standard InChI is InChI=1S/C25H30FN3O5/c1-5-24(30)28(12-13-32-2)16-25(31)29-21(18-8-11-22(33-3)23(14-18)34-4)15-20(27-29)17-6-9-19(26)10-7-17/h6-11,14,21H,5,12-13,15-16H2,1-4H3/t21-/m1/s1. The third kappa shape index (κ3) is 5.72. The van der Waals surface area contributed by atoms with Gasteiger partial charge in [-0.2, -0.15) is 5.10 Å². The van der Waals surface area contributed by atoms with Gasteiger partial charge in [-0.1, -0.05) is 25.1 Å². The highest BCUT2D eigenvalue weighted by molar-refractivity contribution is 6.03. The summed E-state index contributed by atoms with van der Waals surface area (Å²) in [6.07, 6.45) is 0.701. The molecule has 1 aliphatic heterocycles. The van der Waals surface area contributed by atoms with Crippen LogP contribution in [-0.4, -0.2) is 68.5 Å². The third-order valence-electron chi connectivity index (χ3n) is 5.68. The molecule has 0 N–H and O–H groups in total. The van der Waals surface area contributed by atoms with Crippen LogP contribution in [0.2, 0.25) is 0 Å². The molecule has 1 heterocycles. The second-order valence-electron chi connectivity index (χ2n) is 7.79. The molecular weight excluding hydrogens is 441 g/mol. The van der Waals surface area contributed by atoms with Crippen molar-refractivity contribution in [2.45, 2.75) is 25.8 Å². The molecule has 2 aromatic carbocycles. The molecule has 0 fully saturated rings. The SMILES string of the molecule is CCC(=O)N(CCOC)CC(=O)N1N=C(c2ccc(F)cc2)C[C@@H]1c1ccc(OC)c(OC)c1. The minimum Gasteiger partial charge on any atom is -0.493 e. The molecule has 0 unspecified atom stereocenters. The van der Waals surface area contributed by atoms with Crippen molar-refractivity contribution in [2.75, 3.05) is 41.0 Å². The molecule has 2 amide bonds. The molecule has 0 aromatic heterocycles. The number of carbonyl (C=O) groups excluding carboxylic acids is 2. The molecule has 34 heavy (non-hydrogen) atoms. The molecule has 8 nitrogen and oxygen atoms in total. The maximum absolute atomic E-state index is 13.5. The third-order valence-corrected chi connectivity index (χ3v) is 5.68. The van der Waals surface area contributed by atoms with Crippen molar-refractivity contribution < 1.29 is 28.2 Å². The van der Waals surface area contributed by atoms with Crippen LogP contribution in [0.25, 0.3) is 0 Å². The van der Waals surface area contributed by atoms with Gasteiger partial charge in [0.15, 0.2) is 11.5 Å². The van der Waals surface area contributed by atoms with Crippen LogP contribution in [0.1, 0.15) is 36.9 Å². The van der Waals surface area contributed by atoms with Crippen LogP contribution in [-0.2, 0) is 14.3 Å². The van der Waals surface area contributed by atoms with Gasteiger partial charge in [-0.25, -0.2) is 9.40 Å². The lowest BCUT2D eigenvalue weighted by Gasteiger charge is -2.27. The van der Waals surface area contributed by atoms with Gasteiger partial charge < -0.3 is 19.1 Å². The van der Waals surface area contributed by atoms with Crippen molar-refractivity contribution in [3.8, 4) is 11.5 Å². The Morgan fingerprint density at radius 1 is 1.09 bits per heavy atom. The number of hydrazone groups is 1. The Balaban J connectivity index is 1.94. The first-order valence-corrected chi connectivity index (χ1v) is 11.1. The van der Waals surface area contributed by atoms with E-state index in [2.05, 4.69) is 5.10 Å². The van der Waals surface area contributed by atoms with E-state index in [4.69, 9.17) is 14.2 Å². The summed E-state index contributed by atoms with van der Waals surface area (Å²) in [6.45, 7) is 2.25. The number of carbonyl (C=O) groups is 2. The van der Waals surface area contributed by atoms with Crippen molar-refractivity contribution in [3.05, 3.63) is 59.4 Å². The average Bonchev–Trinajstić information content (AvgIpc) is 3.31. The topological polar surface area (TPSA) is 80.7 Å². The van der Waals surface area contributed by atoms with Crippen LogP contribution in [0.4, 0.5) is 4.39 Å². The predicted molar refractivity (Wildman–Crippen MR) is 125 cm³/mol. The fourth-order valence-electron chi connectivity index (χ4n) is 3.83. The Bertz CT molecular complexity index is 1040. The minimum absolute atomic E-state index is 0.125. The molecule has 0 spiro atoms. The van der Waals surface area contributed by atoms with Gasteiger partial charge in [0.25, 0.3) is 5.91 Å². The number of methoxy groups -OCH3 is 3. The van der Waals surface area contributed by atoms with Crippen LogP contribution < -0.4 is 9.47 Å². The fourth-order valence-corrected chi connectivity index (χ4v) is 3.83. The molecule has 0 aliphatic carbocycles. The minimum atomic E-state index is -0.423. The lowest BCUT2D eigenvalue weighted by Crippen LogP contribution is -2.42. The van der Waals surface area contributed by atoms with E-state index in [-0.39, 0.29) is 30.6 Å².